The van der Waals surface area contributed by atoms with Crippen LogP contribution in [0.1, 0.15) is 12.5 Å². The van der Waals surface area contributed by atoms with Gasteiger partial charge in [0.2, 0.25) is 0 Å². The van der Waals surface area contributed by atoms with Crippen molar-refractivity contribution in [1.82, 2.24) is 9.88 Å². The van der Waals surface area contributed by atoms with Crippen LogP contribution in [0.15, 0.2) is 60.3 Å². The molecule has 28 heavy (non-hydrogen) atoms. The Labute approximate surface area is 161 Å². The fourth-order valence-electron chi connectivity index (χ4n) is 3.10. The second-order valence-electron chi connectivity index (χ2n) is 6.09. The van der Waals surface area contributed by atoms with Crippen LogP contribution in [0.3, 0.4) is 0 Å². The van der Waals surface area contributed by atoms with Gasteiger partial charge in [-0.1, -0.05) is 54.6 Å². The number of allylic oxidation sites excluding steroid dienone is 1. The lowest BCUT2D eigenvalue weighted by Gasteiger charge is -2.14. The maximum atomic E-state index is 12.6. The van der Waals surface area contributed by atoms with Crippen molar-refractivity contribution >= 4 is 34.3 Å². The highest BCUT2D eigenvalue weighted by molar-refractivity contribution is 6.12. The predicted octanol–water partition coefficient (Wildman–Crippen LogP) is 0.799. The summed E-state index contributed by atoms with van der Waals surface area (Å²) in [5.41, 5.74) is 1.49. The number of rotatable bonds is 5. The van der Waals surface area contributed by atoms with E-state index in [-0.39, 0.29) is 16.4 Å². The molecule has 0 fully saturated rings. The number of carbonyl (C=O) groups excluding carboxylic acids is 3. The summed E-state index contributed by atoms with van der Waals surface area (Å²) < 4.78 is 6.17. The Morgan fingerprint density at radius 3 is 2.00 bits per heavy atom. The van der Waals surface area contributed by atoms with Crippen molar-refractivity contribution < 1.29 is 19.1 Å². The largest absolute Gasteiger partial charge is 0.464 e. The molecule has 0 saturated heterocycles. The molecule has 0 saturated carbocycles. The summed E-state index contributed by atoms with van der Waals surface area (Å²) in [4.78, 5) is 36.0. The van der Waals surface area contributed by atoms with Gasteiger partial charge in [-0.15, -0.1) is 0 Å². The Bertz CT molecular complexity index is 1170. The van der Waals surface area contributed by atoms with Crippen molar-refractivity contribution in [2.45, 2.75) is 13.5 Å². The molecule has 0 spiro atoms. The van der Waals surface area contributed by atoms with Crippen molar-refractivity contribution in [2.24, 2.45) is 0 Å². The van der Waals surface area contributed by atoms with Crippen molar-refractivity contribution in [3.05, 3.63) is 76.6 Å². The van der Waals surface area contributed by atoms with Crippen LogP contribution in [0.4, 0.5) is 0 Å². The minimum Gasteiger partial charge on any atom is -0.464 e. The molecule has 0 aliphatic carbocycles. The molecule has 6 nitrogen and oxygen atoms in total. The van der Waals surface area contributed by atoms with Gasteiger partial charge >= 0.3 is 5.97 Å². The fourth-order valence-corrected chi connectivity index (χ4v) is 3.10. The van der Waals surface area contributed by atoms with Crippen LogP contribution < -0.4 is 16.0 Å². The van der Waals surface area contributed by atoms with E-state index in [9.17, 15) is 14.4 Å². The summed E-state index contributed by atoms with van der Waals surface area (Å²) in [6.45, 7) is 2.14. The number of esters is 1. The number of ether oxygens (including phenoxy) is 1. The molecule has 1 aromatic heterocycles. The van der Waals surface area contributed by atoms with Gasteiger partial charge < -0.3 is 10.1 Å². The molecule has 0 amide bonds. The van der Waals surface area contributed by atoms with Crippen LogP contribution in [0.5, 0.6) is 0 Å². The number of hydrogen-bond donors (Lipinski definition) is 1. The molecule has 3 aromatic rings. The Morgan fingerprint density at radius 1 is 0.964 bits per heavy atom. The SMILES string of the molecule is COC(=O)/C(=C(/C)NCc1ccccc1)n1c(=C=O)c2ccccc2c1=C=O. The van der Waals surface area contributed by atoms with Crippen LogP contribution in [-0.2, 0) is 25.7 Å². The van der Waals surface area contributed by atoms with Crippen molar-refractivity contribution in [3.63, 3.8) is 0 Å². The zero-order valence-electron chi connectivity index (χ0n) is 15.5. The Balaban J connectivity index is 2.25. The third-order valence-electron chi connectivity index (χ3n) is 4.44. The molecule has 2 aromatic carbocycles. The Kier molecular flexibility index (Phi) is 5.56. The third-order valence-corrected chi connectivity index (χ3v) is 4.44. The first-order valence-electron chi connectivity index (χ1n) is 8.59. The van der Waals surface area contributed by atoms with Gasteiger partial charge in [0.25, 0.3) is 0 Å². The summed E-state index contributed by atoms with van der Waals surface area (Å²) in [6.07, 6.45) is 0. The van der Waals surface area contributed by atoms with E-state index in [4.69, 9.17) is 4.74 Å². The highest BCUT2D eigenvalue weighted by atomic mass is 16.5. The smallest absolute Gasteiger partial charge is 0.356 e. The van der Waals surface area contributed by atoms with Crippen molar-refractivity contribution in [2.75, 3.05) is 7.11 Å². The molecule has 0 bridgehead atoms. The lowest BCUT2D eigenvalue weighted by atomic mass is 10.2. The molecule has 0 aliphatic rings. The second kappa shape index (κ2) is 8.23. The van der Waals surface area contributed by atoms with Gasteiger partial charge in [-0.2, -0.15) is 0 Å². The van der Waals surface area contributed by atoms with E-state index < -0.39 is 5.97 Å². The minimum absolute atomic E-state index is 0.0336. The fraction of sp³-hybridized carbons (Fsp3) is 0.136. The van der Waals surface area contributed by atoms with Gasteiger partial charge in [0, 0.05) is 23.0 Å². The van der Waals surface area contributed by atoms with Crippen molar-refractivity contribution in [1.29, 1.82) is 0 Å². The van der Waals surface area contributed by atoms with E-state index in [0.29, 0.717) is 23.0 Å². The van der Waals surface area contributed by atoms with E-state index in [0.717, 1.165) is 5.56 Å². The second-order valence-corrected chi connectivity index (χ2v) is 6.09. The molecule has 1 N–H and O–H groups in total. The minimum atomic E-state index is -0.689. The Hall–Kier alpha value is -3.85. The van der Waals surface area contributed by atoms with E-state index in [1.807, 2.05) is 42.2 Å². The highest BCUT2D eigenvalue weighted by Crippen LogP contribution is 2.12. The van der Waals surface area contributed by atoms with Crippen LogP contribution in [0, 0.1) is 0 Å². The number of benzene rings is 2. The summed E-state index contributed by atoms with van der Waals surface area (Å²) in [5, 5.41) is 4.30. The lowest BCUT2D eigenvalue weighted by molar-refractivity contribution is -0.134. The van der Waals surface area contributed by atoms with Gasteiger partial charge in [-0.05, 0) is 12.5 Å². The molecule has 6 heteroatoms. The average Bonchev–Trinajstić information content (AvgIpc) is 3.06. The van der Waals surface area contributed by atoms with Gasteiger partial charge in [0.1, 0.15) is 10.7 Å². The number of nitrogens with one attached hydrogen (secondary N) is 1. The standard InChI is InChI=1S/C22H18N2O4/c1-15(23-12-16-8-4-3-5-9-16)21(22(27)28-2)24-19(13-25)17-10-6-7-11-18(17)20(24)14-26/h3-11,23H,12H2,1-2H3/b21-15+. The highest BCUT2D eigenvalue weighted by Gasteiger charge is 2.21. The molecule has 1 heterocycles. The quantitative estimate of drug-likeness (QED) is 0.528. The molecule has 3 rings (SSSR count). The maximum Gasteiger partial charge on any atom is 0.356 e. The number of hydrogen-bond acceptors (Lipinski definition) is 5. The van der Waals surface area contributed by atoms with E-state index in [2.05, 4.69) is 5.32 Å². The summed E-state index contributed by atoms with van der Waals surface area (Å²) in [7, 11) is 1.24. The monoisotopic (exact) mass is 374 g/mol. The first-order valence-corrected chi connectivity index (χ1v) is 8.59. The third kappa shape index (κ3) is 3.38. The Morgan fingerprint density at radius 2 is 1.50 bits per heavy atom. The summed E-state index contributed by atoms with van der Waals surface area (Å²) >= 11 is 0. The first-order chi connectivity index (χ1) is 13.6. The van der Waals surface area contributed by atoms with Gasteiger partial charge in [0.15, 0.2) is 17.6 Å². The van der Waals surface area contributed by atoms with Crippen LogP contribution in [0.2, 0.25) is 0 Å². The number of fused-ring (bicyclic) bond motifs is 1. The number of carbonyl (C=O) groups is 1. The van der Waals surface area contributed by atoms with Gasteiger partial charge in [-0.3, -0.25) is 4.57 Å². The molecule has 0 unspecified atom stereocenters. The average molecular weight is 374 g/mol. The molecular weight excluding hydrogens is 356 g/mol. The number of aromatic nitrogens is 1. The normalized spacial score (nSPS) is 11.4. The molecule has 140 valence electrons. The molecule has 0 aliphatic heterocycles. The molecule has 0 radical (unpaired) electrons. The predicted molar refractivity (Wildman–Crippen MR) is 105 cm³/mol. The van der Waals surface area contributed by atoms with E-state index in [1.54, 1.807) is 31.2 Å². The lowest BCUT2D eigenvalue weighted by Crippen LogP contribution is -2.34. The number of methoxy groups -OCH3 is 1. The van der Waals surface area contributed by atoms with Crippen LogP contribution in [0.25, 0.3) is 16.5 Å². The first kappa shape index (κ1) is 18.9. The summed E-state index contributed by atoms with van der Waals surface area (Å²) in [6, 6.07) is 16.5. The van der Waals surface area contributed by atoms with Crippen LogP contribution >= 0.6 is 0 Å². The summed E-state index contributed by atoms with van der Waals surface area (Å²) in [5.74, 6) is 3.00. The van der Waals surface area contributed by atoms with Crippen LogP contribution in [-0.4, -0.2) is 29.5 Å². The zero-order valence-corrected chi connectivity index (χ0v) is 15.5. The maximum absolute atomic E-state index is 12.6. The topological polar surface area (TPSA) is 77.4 Å². The van der Waals surface area contributed by atoms with E-state index in [1.165, 1.54) is 11.7 Å². The van der Waals surface area contributed by atoms with Gasteiger partial charge in [0.05, 0.1) is 7.11 Å². The number of nitrogens with zero attached hydrogens (tertiary/aromatic N) is 1. The van der Waals surface area contributed by atoms with E-state index >= 15 is 0 Å². The molecule has 0 atom stereocenters. The molecular formula is C22H18N2O4. The van der Waals surface area contributed by atoms with Crippen molar-refractivity contribution in [3.8, 4) is 0 Å². The van der Waals surface area contributed by atoms with Gasteiger partial charge in [-0.25, -0.2) is 14.4 Å². The zero-order chi connectivity index (χ0) is 20.1.